The number of Topliss-reactive ketones (excluding diaryl/α,β-unsaturated/α-hetero) is 1. The Morgan fingerprint density at radius 3 is 2.26 bits per heavy atom. The summed E-state index contributed by atoms with van der Waals surface area (Å²) in [7, 11) is 1.37. The Balaban J connectivity index is 1.92. The quantitative estimate of drug-likeness (QED) is 0.164. The van der Waals surface area contributed by atoms with Crippen LogP contribution in [0.2, 0.25) is 0 Å². The molecule has 2 saturated heterocycles. The van der Waals surface area contributed by atoms with Crippen molar-refractivity contribution < 1.29 is 69.1 Å². The third-order valence-corrected chi connectivity index (χ3v) is 10.3. The van der Waals surface area contributed by atoms with Crippen molar-refractivity contribution in [2.75, 3.05) is 13.7 Å². The van der Waals surface area contributed by atoms with Gasteiger partial charge in [0.1, 0.15) is 18.0 Å². The van der Waals surface area contributed by atoms with Crippen LogP contribution < -0.4 is 16.4 Å². The molecular weight excluding hydrogens is 746 g/mol. The lowest BCUT2D eigenvalue weighted by Gasteiger charge is -2.46. The lowest BCUT2D eigenvalue weighted by Crippen LogP contribution is -2.63. The number of amides is 2. The predicted octanol–water partition coefficient (Wildman–Crippen LogP) is 0.0480. The molecule has 17 heteroatoms. The molecule has 3 rings (SSSR count). The summed E-state index contributed by atoms with van der Waals surface area (Å²) in [5, 5.41) is 80.8. The van der Waals surface area contributed by atoms with Crippen LogP contribution in [-0.2, 0) is 28.5 Å². The van der Waals surface area contributed by atoms with Crippen molar-refractivity contribution >= 4 is 17.8 Å². The Morgan fingerprint density at radius 1 is 0.947 bits per heavy atom. The van der Waals surface area contributed by atoms with Crippen LogP contribution in [0.25, 0.3) is 0 Å². The summed E-state index contributed by atoms with van der Waals surface area (Å²) in [6.07, 6.45) is 3.76. The van der Waals surface area contributed by atoms with Gasteiger partial charge in [0.15, 0.2) is 12.1 Å². The maximum atomic E-state index is 12.7. The van der Waals surface area contributed by atoms with E-state index in [2.05, 4.69) is 10.6 Å². The van der Waals surface area contributed by atoms with E-state index >= 15 is 0 Å². The fourth-order valence-electron chi connectivity index (χ4n) is 6.69. The highest BCUT2D eigenvalue weighted by atomic mass is 16.7. The summed E-state index contributed by atoms with van der Waals surface area (Å²) in [6, 6.07) is -2.85. The first kappa shape index (κ1) is 48.0. The number of esters is 1. The van der Waals surface area contributed by atoms with E-state index in [1.165, 1.54) is 7.05 Å². The summed E-state index contributed by atoms with van der Waals surface area (Å²) in [6.45, 7) is 3.71. The maximum Gasteiger partial charge on any atom is 0.314 e. The largest absolute Gasteiger partial charge is 0.462 e. The van der Waals surface area contributed by atoms with Gasteiger partial charge in [-0.2, -0.15) is 0 Å². The third-order valence-electron chi connectivity index (χ3n) is 10.3. The van der Waals surface area contributed by atoms with E-state index in [1.807, 2.05) is 26.0 Å². The monoisotopic (exact) mass is 809 g/mol. The maximum absolute atomic E-state index is 12.7. The topological polar surface area (TPSA) is 280 Å². The molecule has 2 fully saturated rings. The Morgan fingerprint density at radius 2 is 1.60 bits per heavy atom. The van der Waals surface area contributed by atoms with Gasteiger partial charge in [-0.05, 0) is 12.3 Å². The van der Waals surface area contributed by atoms with Gasteiger partial charge in [0.25, 0.3) is 0 Å². The van der Waals surface area contributed by atoms with Gasteiger partial charge in [-0.1, -0.05) is 81.0 Å². The number of nitrogens with two attached hydrogens (primary N) is 1. The van der Waals surface area contributed by atoms with Crippen LogP contribution in [0.3, 0.4) is 0 Å². The minimum Gasteiger partial charge on any atom is -0.462 e. The van der Waals surface area contributed by atoms with Gasteiger partial charge < -0.3 is 71.1 Å². The van der Waals surface area contributed by atoms with Gasteiger partial charge in [0.2, 0.25) is 0 Å². The number of urea groups is 1. The molecule has 2 bridgehead atoms. The molecule has 0 aromatic heterocycles. The number of ketones is 1. The molecule has 3 aliphatic heterocycles. The zero-order valence-electron chi connectivity index (χ0n) is 32.9. The SMILES string of the molecule is CCC(C)C1C/C=C/C=C/C=C/C=C/C=C/C(O[C@@H]2OC[C@@H](O)[C@H](N)[C@@H]2O)CC2OC(O)(CC(O)C(O)CCC(=O)CC(O)CC(=O)O1)CC(O)C2NC(=O)NC. The van der Waals surface area contributed by atoms with Gasteiger partial charge in [-0.25, -0.2) is 4.79 Å². The standard InChI is InChI=1S/C40H63N3O14/c1-4-24(2)32-15-13-11-9-7-5-6-8-10-12-14-27(55-38-37(51)35(41)31(49)23-54-38)20-33-36(43-39(52)42-3)30(48)22-40(53,57-33)21-29(47)28(46)17-16-25(44)18-26(45)19-34(50)56-32/h5-14,24,26-33,35-38,45-49,51,53H,4,15-23,41H2,1-3H3,(H2,42,43,52)/b6-5+,9-7+,10-8+,13-11+,14-12+/t24?,26?,27?,28?,29?,30?,31-,32?,33?,35+,36?,37+,38+,40?/m1/s1. The molecule has 0 aromatic carbocycles. The number of rotatable bonds is 5. The van der Waals surface area contributed by atoms with E-state index in [0.717, 1.165) is 6.42 Å². The molecule has 3 aliphatic rings. The predicted molar refractivity (Wildman–Crippen MR) is 207 cm³/mol. The van der Waals surface area contributed by atoms with Gasteiger partial charge in [0.05, 0.1) is 67.8 Å². The number of hydrogen-bond acceptors (Lipinski definition) is 15. The summed E-state index contributed by atoms with van der Waals surface area (Å²) in [5.74, 6) is -3.32. The fourth-order valence-corrected chi connectivity index (χ4v) is 6.69. The molecule has 10 unspecified atom stereocenters. The normalized spacial score (nSPS) is 40.5. The Hall–Kier alpha value is -3.33. The summed E-state index contributed by atoms with van der Waals surface area (Å²) >= 11 is 0. The van der Waals surface area contributed by atoms with Crippen LogP contribution in [0.5, 0.6) is 0 Å². The second-order valence-corrected chi connectivity index (χ2v) is 15.0. The number of aliphatic hydroxyl groups excluding tert-OH is 6. The minimum absolute atomic E-state index is 0.0373. The summed E-state index contributed by atoms with van der Waals surface area (Å²) in [4.78, 5) is 37.8. The number of fused-ring (bicyclic) bond motifs is 2. The first-order valence-corrected chi connectivity index (χ1v) is 19.6. The average molecular weight is 810 g/mol. The molecule has 2 amide bonds. The molecule has 57 heavy (non-hydrogen) atoms. The van der Waals surface area contributed by atoms with E-state index in [4.69, 9.17) is 24.7 Å². The molecule has 14 atom stereocenters. The van der Waals surface area contributed by atoms with E-state index in [-0.39, 0.29) is 38.2 Å². The number of carbonyl (C=O) groups excluding carboxylic acids is 3. The van der Waals surface area contributed by atoms with Crippen molar-refractivity contribution in [3.05, 3.63) is 60.8 Å². The van der Waals surface area contributed by atoms with E-state index in [1.54, 1.807) is 48.6 Å². The van der Waals surface area contributed by atoms with Crippen molar-refractivity contribution in [2.24, 2.45) is 11.7 Å². The molecule has 0 spiro atoms. The molecule has 11 N–H and O–H groups in total. The summed E-state index contributed by atoms with van der Waals surface area (Å²) in [5.41, 5.74) is 5.96. The van der Waals surface area contributed by atoms with Crippen molar-refractivity contribution in [3.63, 3.8) is 0 Å². The molecule has 0 aliphatic carbocycles. The number of cyclic esters (lactones) is 1. The number of nitrogens with one attached hydrogen (secondary N) is 2. The van der Waals surface area contributed by atoms with E-state index in [0.29, 0.717) is 6.42 Å². The molecule has 3 heterocycles. The number of hydrogen-bond donors (Lipinski definition) is 10. The van der Waals surface area contributed by atoms with Crippen molar-refractivity contribution in [3.8, 4) is 0 Å². The highest BCUT2D eigenvalue weighted by Gasteiger charge is 2.49. The lowest BCUT2D eigenvalue weighted by atomic mass is 9.87. The summed E-state index contributed by atoms with van der Waals surface area (Å²) < 4.78 is 23.3. The van der Waals surface area contributed by atoms with Gasteiger partial charge in [-0.15, -0.1) is 0 Å². The minimum atomic E-state index is -2.24. The second kappa shape index (κ2) is 23.9. The number of ether oxygens (including phenoxy) is 4. The molecule has 17 nitrogen and oxygen atoms in total. The highest BCUT2D eigenvalue weighted by molar-refractivity contribution is 5.80. The Bertz CT molecular complexity index is 1420. The van der Waals surface area contributed by atoms with Crippen molar-refractivity contribution in [2.45, 2.75) is 151 Å². The fraction of sp³-hybridized carbons (Fsp3) is 0.675. The molecule has 0 aromatic rings. The van der Waals surface area contributed by atoms with E-state index < -0.39 is 116 Å². The van der Waals surface area contributed by atoms with Crippen molar-refractivity contribution in [1.29, 1.82) is 0 Å². The van der Waals surface area contributed by atoms with Crippen LogP contribution in [0.1, 0.15) is 71.6 Å². The first-order valence-electron chi connectivity index (χ1n) is 19.6. The molecule has 0 saturated carbocycles. The third kappa shape index (κ3) is 16.1. The van der Waals surface area contributed by atoms with Crippen LogP contribution >= 0.6 is 0 Å². The van der Waals surface area contributed by atoms with Crippen molar-refractivity contribution in [1.82, 2.24) is 10.6 Å². The number of aliphatic hydroxyl groups is 7. The van der Waals surface area contributed by atoms with Crippen LogP contribution in [-0.4, -0.2) is 146 Å². The molecular formula is C40H63N3O14. The van der Waals surface area contributed by atoms with Crippen LogP contribution in [0.15, 0.2) is 60.8 Å². The van der Waals surface area contributed by atoms with E-state index in [9.17, 15) is 50.1 Å². The Labute approximate surface area is 333 Å². The van der Waals surface area contributed by atoms with Crippen LogP contribution in [0.4, 0.5) is 4.79 Å². The van der Waals surface area contributed by atoms with Gasteiger partial charge in [-0.3, -0.25) is 9.59 Å². The molecule has 0 radical (unpaired) electrons. The number of allylic oxidation sites excluding steroid dienone is 8. The number of carbonyl (C=O) groups is 3. The van der Waals surface area contributed by atoms with Gasteiger partial charge >= 0.3 is 12.0 Å². The average Bonchev–Trinajstić information content (AvgIpc) is 3.15. The highest BCUT2D eigenvalue weighted by Crippen LogP contribution is 2.35. The first-order chi connectivity index (χ1) is 27.0. The van der Waals surface area contributed by atoms with Crippen LogP contribution in [0, 0.1) is 5.92 Å². The molecule has 322 valence electrons. The smallest absolute Gasteiger partial charge is 0.314 e. The lowest BCUT2D eigenvalue weighted by molar-refractivity contribution is -0.300. The second-order valence-electron chi connectivity index (χ2n) is 15.0. The zero-order chi connectivity index (χ0) is 42.1. The van der Waals surface area contributed by atoms with Gasteiger partial charge in [0, 0.05) is 45.6 Å². The zero-order valence-corrected chi connectivity index (χ0v) is 32.9. The Kier molecular flexibility index (Phi) is 20.2.